The molecule has 5 nitrogen and oxygen atoms in total. The number of nitrogens with one attached hydrogen (secondary N) is 1. The van der Waals surface area contributed by atoms with Gasteiger partial charge in [-0.2, -0.15) is 0 Å². The zero-order chi connectivity index (χ0) is 17.8. The van der Waals surface area contributed by atoms with Crippen molar-refractivity contribution in [1.82, 2.24) is 15.2 Å². The Kier molecular flexibility index (Phi) is 10.3. The maximum atomic E-state index is 12.4. The third-order valence-electron chi connectivity index (χ3n) is 3.80. The van der Waals surface area contributed by atoms with E-state index in [1.165, 1.54) is 11.3 Å². The molecule has 1 rings (SSSR count). The van der Waals surface area contributed by atoms with E-state index in [1.807, 2.05) is 4.90 Å². The Bertz CT molecular complexity index is 502. The molecule has 0 fully saturated rings. The van der Waals surface area contributed by atoms with Gasteiger partial charge >= 0.3 is 0 Å². The molecular formula is C18H31N3O2S. The van der Waals surface area contributed by atoms with E-state index in [2.05, 4.69) is 31.1 Å². The Balaban J connectivity index is 2.62. The van der Waals surface area contributed by atoms with E-state index in [0.717, 1.165) is 50.1 Å². The van der Waals surface area contributed by atoms with Gasteiger partial charge in [-0.1, -0.05) is 40.0 Å². The largest absolute Gasteiger partial charge is 0.351 e. The van der Waals surface area contributed by atoms with Crippen LogP contribution in [0.3, 0.4) is 0 Å². The number of unbranched alkanes of at least 4 members (excludes halogenated alkanes) is 3. The van der Waals surface area contributed by atoms with Crippen molar-refractivity contribution in [3.8, 4) is 0 Å². The smallest absolute Gasteiger partial charge is 0.270 e. The van der Waals surface area contributed by atoms with Crippen LogP contribution in [-0.4, -0.2) is 34.8 Å². The second-order valence-corrected chi connectivity index (χ2v) is 6.95. The summed E-state index contributed by atoms with van der Waals surface area (Å²) in [6.07, 6.45) is 6.61. The number of carbonyl (C=O) groups excluding carboxylic acids is 2. The molecular weight excluding hydrogens is 322 g/mol. The number of nitrogens with zero attached hydrogens (tertiary/aromatic N) is 2. The molecule has 1 heterocycles. The van der Waals surface area contributed by atoms with Crippen LogP contribution < -0.4 is 5.32 Å². The highest BCUT2D eigenvalue weighted by Crippen LogP contribution is 2.14. The van der Waals surface area contributed by atoms with E-state index in [4.69, 9.17) is 0 Å². The van der Waals surface area contributed by atoms with Crippen molar-refractivity contribution in [2.45, 2.75) is 72.3 Å². The summed E-state index contributed by atoms with van der Waals surface area (Å²) in [6, 6.07) is 0. The maximum Gasteiger partial charge on any atom is 0.270 e. The average molecular weight is 354 g/mol. The molecule has 2 amide bonds. The molecule has 1 aromatic rings. The molecule has 136 valence electrons. The van der Waals surface area contributed by atoms with E-state index in [0.29, 0.717) is 25.2 Å². The Morgan fingerprint density at radius 2 is 1.83 bits per heavy atom. The van der Waals surface area contributed by atoms with Crippen molar-refractivity contribution >= 4 is 23.2 Å². The molecule has 0 bridgehead atoms. The Morgan fingerprint density at radius 3 is 2.50 bits per heavy atom. The lowest BCUT2D eigenvalue weighted by molar-refractivity contribution is -0.132. The summed E-state index contributed by atoms with van der Waals surface area (Å²) in [5, 5.41) is 5.49. The van der Waals surface area contributed by atoms with Crippen LogP contribution in [0.4, 0.5) is 0 Å². The van der Waals surface area contributed by atoms with Crippen LogP contribution in [0.5, 0.6) is 0 Å². The fraction of sp³-hybridized carbons (Fsp3) is 0.722. The minimum absolute atomic E-state index is 0.122. The van der Waals surface area contributed by atoms with Gasteiger partial charge in [0.15, 0.2) is 0 Å². The van der Waals surface area contributed by atoms with Crippen molar-refractivity contribution in [2.75, 3.05) is 13.1 Å². The van der Waals surface area contributed by atoms with Crippen molar-refractivity contribution in [3.05, 3.63) is 16.1 Å². The first-order valence-electron chi connectivity index (χ1n) is 9.12. The van der Waals surface area contributed by atoms with Gasteiger partial charge < -0.3 is 10.2 Å². The van der Waals surface area contributed by atoms with Crippen LogP contribution in [0.25, 0.3) is 0 Å². The lowest BCUT2D eigenvalue weighted by Crippen LogP contribution is -2.31. The first kappa shape index (κ1) is 20.6. The second kappa shape index (κ2) is 12.0. The first-order valence-corrected chi connectivity index (χ1v) is 10.0. The van der Waals surface area contributed by atoms with Gasteiger partial charge in [-0.3, -0.25) is 9.59 Å². The quantitative estimate of drug-likeness (QED) is 0.578. The molecule has 0 spiro atoms. The van der Waals surface area contributed by atoms with Crippen LogP contribution in [0.15, 0.2) is 5.38 Å². The van der Waals surface area contributed by atoms with Gasteiger partial charge in [0.2, 0.25) is 5.91 Å². The fourth-order valence-electron chi connectivity index (χ4n) is 2.25. The summed E-state index contributed by atoms with van der Waals surface area (Å²) < 4.78 is 0. The monoisotopic (exact) mass is 353 g/mol. The summed E-state index contributed by atoms with van der Waals surface area (Å²) in [4.78, 5) is 30.7. The summed E-state index contributed by atoms with van der Waals surface area (Å²) >= 11 is 1.45. The topological polar surface area (TPSA) is 62.3 Å². The van der Waals surface area contributed by atoms with Gasteiger partial charge in [-0.05, 0) is 19.3 Å². The normalized spacial score (nSPS) is 10.6. The molecule has 0 unspecified atom stereocenters. The first-order chi connectivity index (χ1) is 11.6. The van der Waals surface area contributed by atoms with Crippen LogP contribution in [-0.2, 0) is 11.3 Å². The van der Waals surface area contributed by atoms with Crippen molar-refractivity contribution < 1.29 is 9.59 Å². The third-order valence-corrected chi connectivity index (χ3v) is 4.64. The van der Waals surface area contributed by atoms with Crippen LogP contribution >= 0.6 is 11.3 Å². The number of thiazole rings is 1. The van der Waals surface area contributed by atoms with Crippen LogP contribution in [0.1, 0.15) is 81.2 Å². The molecule has 0 aliphatic rings. The van der Waals surface area contributed by atoms with Crippen molar-refractivity contribution in [2.24, 2.45) is 0 Å². The molecule has 1 N–H and O–H groups in total. The summed E-state index contributed by atoms with van der Waals surface area (Å²) in [7, 11) is 0. The van der Waals surface area contributed by atoms with Crippen molar-refractivity contribution in [3.63, 3.8) is 0 Å². The minimum atomic E-state index is -0.122. The van der Waals surface area contributed by atoms with Gasteiger partial charge in [-0.15, -0.1) is 11.3 Å². The Hall–Kier alpha value is -1.43. The average Bonchev–Trinajstić information content (AvgIpc) is 3.05. The lowest BCUT2D eigenvalue weighted by atomic mass is 10.2. The molecule has 6 heteroatoms. The van der Waals surface area contributed by atoms with Gasteiger partial charge in [-0.25, -0.2) is 4.98 Å². The zero-order valence-electron chi connectivity index (χ0n) is 15.3. The molecule has 0 aliphatic carbocycles. The van der Waals surface area contributed by atoms with E-state index >= 15 is 0 Å². The lowest BCUT2D eigenvalue weighted by Gasteiger charge is -2.21. The van der Waals surface area contributed by atoms with E-state index in [-0.39, 0.29) is 11.8 Å². The predicted octanol–water partition coefficient (Wildman–Crippen LogP) is 3.99. The zero-order valence-corrected chi connectivity index (χ0v) is 16.1. The van der Waals surface area contributed by atoms with Gasteiger partial charge in [0.1, 0.15) is 10.7 Å². The van der Waals surface area contributed by atoms with Crippen LogP contribution in [0.2, 0.25) is 0 Å². The maximum absolute atomic E-state index is 12.4. The summed E-state index contributed by atoms with van der Waals surface area (Å²) in [5.41, 5.74) is 0.461. The number of hydrogen-bond donors (Lipinski definition) is 1. The number of carbonyl (C=O) groups is 2. The molecule has 0 saturated carbocycles. The third kappa shape index (κ3) is 7.43. The highest BCUT2D eigenvalue weighted by Gasteiger charge is 2.16. The van der Waals surface area contributed by atoms with Crippen molar-refractivity contribution in [1.29, 1.82) is 0 Å². The van der Waals surface area contributed by atoms with Gasteiger partial charge in [0.25, 0.3) is 5.91 Å². The number of aromatic nitrogens is 1. The number of hydrogen-bond acceptors (Lipinski definition) is 4. The Labute approximate surface area is 149 Å². The molecule has 0 aliphatic heterocycles. The summed E-state index contributed by atoms with van der Waals surface area (Å²) in [6.45, 7) is 8.25. The molecule has 0 atom stereocenters. The standard InChI is InChI=1S/C18H31N3O2S/c1-4-7-10-17(22)21(12-9-6-3)13-16-20-15(14-24-16)18(23)19-11-8-5-2/h14H,4-13H2,1-3H3,(H,19,23). The fourth-order valence-corrected chi connectivity index (χ4v) is 3.04. The molecule has 0 aromatic carbocycles. The van der Waals surface area contributed by atoms with Crippen LogP contribution in [0, 0.1) is 0 Å². The van der Waals surface area contributed by atoms with Gasteiger partial charge in [0, 0.05) is 24.9 Å². The SMILES string of the molecule is CCCCNC(=O)c1csc(CN(CCCC)C(=O)CCCC)n1. The Morgan fingerprint density at radius 1 is 1.12 bits per heavy atom. The van der Waals surface area contributed by atoms with E-state index < -0.39 is 0 Å². The predicted molar refractivity (Wildman–Crippen MR) is 99.2 cm³/mol. The molecule has 1 aromatic heterocycles. The summed E-state index contributed by atoms with van der Waals surface area (Å²) in [5.74, 6) is 0.0674. The second-order valence-electron chi connectivity index (χ2n) is 6.01. The molecule has 0 saturated heterocycles. The minimum Gasteiger partial charge on any atom is -0.351 e. The number of rotatable bonds is 12. The highest BCUT2D eigenvalue weighted by atomic mass is 32.1. The number of amides is 2. The molecule has 24 heavy (non-hydrogen) atoms. The van der Waals surface area contributed by atoms with E-state index in [1.54, 1.807) is 5.38 Å². The van der Waals surface area contributed by atoms with E-state index in [9.17, 15) is 9.59 Å². The van der Waals surface area contributed by atoms with Gasteiger partial charge in [0.05, 0.1) is 6.54 Å². The highest BCUT2D eigenvalue weighted by molar-refractivity contribution is 7.09. The molecule has 0 radical (unpaired) electrons.